The van der Waals surface area contributed by atoms with Gasteiger partial charge in [0.1, 0.15) is 5.52 Å². The number of benzene rings is 2. The second kappa shape index (κ2) is 8.65. The van der Waals surface area contributed by atoms with E-state index in [2.05, 4.69) is 9.88 Å². The number of carbonyl (C=O) groups is 2. The molecule has 2 saturated heterocycles. The van der Waals surface area contributed by atoms with Gasteiger partial charge in [-0.15, -0.1) is 0 Å². The number of nitrogens with two attached hydrogens (primary N) is 1. The van der Waals surface area contributed by atoms with Crippen LogP contribution in [0.1, 0.15) is 47.8 Å². The second-order valence-electron chi connectivity index (χ2n) is 8.84. The number of primary amides is 1. The van der Waals surface area contributed by atoms with Crippen molar-refractivity contribution in [2.75, 3.05) is 31.1 Å². The van der Waals surface area contributed by atoms with Crippen molar-refractivity contribution < 1.29 is 14.0 Å². The van der Waals surface area contributed by atoms with Gasteiger partial charge in [-0.05, 0) is 62.1 Å². The fourth-order valence-electron chi connectivity index (χ4n) is 4.87. The molecule has 2 fully saturated rings. The van der Waals surface area contributed by atoms with Crippen molar-refractivity contribution in [3.05, 3.63) is 60.0 Å². The molecule has 3 heterocycles. The molecule has 1 aromatic heterocycles. The Hall–Kier alpha value is -3.35. The van der Waals surface area contributed by atoms with Crippen LogP contribution in [0, 0.1) is 5.92 Å². The lowest BCUT2D eigenvalue weighted by Crippen LogP contribution is -2.41. The van der Waals surface area contributed by atoms with Crippen LogP contribution in [0.15, 0.2) is 52.9 Å². The number of amides is 2. The lowest BCUT2D eigenvalue weighted by Gasteiger charge is -2.33. The maximum atomic E-state index is 13.2. The van der Waals surface area contributed by atoms with E-state index in [1.165, 1.54) is 0 Å². The summed E-state index contributed by atoms with van der Waals surface area (Å²) in [4.78, 5) is 33.5. The van der Waals surface area contributed by atoms with Crippen LogP contribution in [-0.2, 0) is 4.79 Å². The number of fused-ring (bicyclic) bond motifs is 1. The van der Waals surface area contributed by atoms with Gasteiger partial charge in [-0.3, -0.25) is 9.59 Å². The molecule has 0 spiro atoms. The van der Waals surface area contributed by atoms with E-state index >= 15 is 0 Å². The van der Waals surface area contributed by atoms with Crippen LogP contribution in [0.5, 0.6) is 0 Å². The average Bonchev–Trinajstić information content (AvgIpc) is 3.28. The Kier molecular flexibility index (Phi) is 5.55. The molecule has 5 rings (SSSR count). The molecule has 2 aromatic carbocycles. The molecule has 3 aromatic rings. The fraction of sp³-hybridized carbons (Fsp3) is 0.400. The Balaban J connectivity index is 1.27. The number of para-hydroxylation sites is 2. The number of oxazole rings is 1. The molecule has 7 heteroatoms. The van der Waals surface area contributed by atoms with Gasteiger partial charge in [-0.1, -0.05) is 12.1 Å². The Bertz CT molecular complexity index is 1090. The highest BCUT2D eigenvalue weighted by Crippen LogP contribution is 2.30. The summed E-state index contributed by atoms with van der Waals surface area (Å²) < 4.78 is 5.96. The second-order valence-corrected chi connectivity index (χ2v) is 8.84. The standard InChI is InChI=1S/C25H28N4O3/c26-23(30)18-5-3-13-28(15-18)20-11-9-17(10-12-20)25(31)29-14-4-6-19(16-29)24-27-21-7-1-2-8-22(21)32-24/h1-2,7-12,18-19H,3-6,13-16H2,(H2,26,30)/t18-,19+/m1/s1. The van der Waals surface area contributed by atoms with E-state index in [-0.39, 0.29) is 23.7 Å². The van der Waals surface area contributed by atoms with Crippen molar-refractivity contribution >= 4 is 28.6 Å². The molecule has 0 bridgehead atoms. The van der Waals surface area contributed by atoms with Crippen molar-refractivity contribution in [2.24, 2.45) is 11.7 Å². The molecule has 2 amide bonds. The summed E-state index contributed by atoms with van der Waals surface area (Å²) in [7, 11) is 0. The van der Waals surface area contributed by atoms with Gasteiger partial charge in [0.25, 0.3) is 5.91 Å². The normalized spacial score (nSPS) is 21.6. The number of carbonyl (C=O) groups excluding carboxylic acids is 2. The molecule has 2 aliphatic rings. The molecule has 2 atom stereocenters. The van der Waals surface area contributed by atoms with Crippen LogP contribution in [0.3, 0.4) is 0 Å². The van der Waals surface area contributed by atoms with Crippen LogP contribution in [0.25, 0.3) is 11.1 Å². The fourth-order valence-corrected chi connectivity index (χ4v) is 4.87. The van der Waals surface area contributed by atoms with Gasteiger partial charge in [0.15, 0.2) is 11.5 Å². The Labute approximate surface area is 187 Å². The third-order valence-electron chi connectivity index (χ3n) is 6.67. The van der Waals surface area contributed by atoms with Crippen molar-refractivity contribution in [2.45, 2.75) is 31.6 Å². The van der Waals surface area contributed by atoms with Crippen LogP contribution in [-0.4, -0.2) is 47.9 Å². The number of likely N-dealkylation sites (tertiary alicyclic amines) is 1. The molecule has 32 heavy (non-hydrogen) atoms. The molecular weight excluding hydrogens is 404 g/mol. The van der Waals surface area contributed by atoms with Gasteiger partial charge < -0.3 is 20.0 Å². The van der Waals surface area contributed by atoms with Gasteiger partial charge >= 0.3 is 0 Å². The van der Waals surface area contributed by atoms with E-state index < -0.39 is 0 Å². The van der Waals surface area contributed by atoms with Crippen LogP contribution in [0.4, 0.5) is 5.69 Å². The van der Waals surface area contributed by atoms with Gasteiger partial charge in [-0.25, -0.2) is 4.98 Å². The molecule has 2 aliphatic heterocycles. The monoisotopic (exact) mass is 432 g/mol. The first kappa shape index (κ1) is 20.5. The van der Waals surface area contributed by atoms with Crippen molar-refractivity contribution in [3.8, 4) is 0 Å². The van der Waals surface area contributed by atoms with Gasteiger partial charge in [0.2, 0.25) is 5.91 Å². The van der Waals surface area contributed by atoms with Crippen LogP contribution in [0.2, 0.25) is 0 Å². The third-order valence-corrected chi connectivity index (χ3v) is 6.67. The third kappa shape index (κ3) is 4.07. The van der Waals surface area contributed by atoms with Crippen molar-refractivity contribution in [1.29, 1.82) is 0 Å². The molecule has 2 N–H and O–H groups in total. The summed E-state index contributed by atoms with van der Waals surface area (Å²) in [6.45, 7) is 2.89. The number of rotatable bonds is 4. The molecular formula is C25H28N4O3. The lowest BCUT2D eigenvalue weighted by molar-refractivity contribution is -0.122. The predicted molar refractivity (Wildman–Crippen MR) is 122 cm³/mol. The van der Waals surface area contributed by atoms with E-state index in [4.69, 9.17) is 10.2 Å². The van der Waals surface area contributed by atoms with E-state index in [9.17, 15) is 9.59 Å². The first-order chi connectivity index (χ1) is 15.6. The predicted octanol–water partition coefficient (Wildman–Crippen LogP) is 3.55. The minimum Gasteiger partial charge on any atom is -0.440 e. The first-order valence-electron chi connectivity index (χ1n) is 11.4. The molecule has 7 nitrogen and oxygen atoms in total. The highest BCUT2D eigenvalue weighted by atomic mass is 16.3. The van der Waals surface area contributed by atoms with Gasteiger partial charge in [-0.2, -0.15) is 0 Å². The summed E-state index contributed by atoms with van der Waals surface area (Å²) in [6, 6.07) is 15.5. The van der Waals surface area contributed by atoms with Gasteiger partial charge in [0, 0.05) is 37.4 Å². The van der Waals surface area contributed by atoms with Gasteiger partial charge in [0.05, 0.1) is 11.8 Å². The molecule has 0 radical (unpaired) electrons. The van der Waals surface area contributed by atoms with Crippen LogP contribution >= 0.6 is 0 Å². The minimum atomic E-state index is -0.236. The lowest BCUT2D eigenvalue weighted by atomic mass is 9.96. The number of anilines is 1. The molecule has 166 valence electrons. The zero-order chi connectivity index (χ0) is 22.1. The molecule has 0 saturated carbocycles. The summed E-state index contributed by atoms with van der Waals surface area (Å²) in [5, 5.41) is 0. The minimum absolute atomic E-state index is 0.0333. The van der Waals surface area contributed by atoms with E-state index in [0.29, 0.717) is 24.5 Å². The highest BCUT2D eigenvalue weighted by molar-refractivity contribution is 5.94. The number of nitrogens with zero attached hydrogens (tertiary/aromatic N) is 3. The van der Waals surface area contributed by atoms with Crippen molar-refractivity contribution in [1.82, 2.24) is 9.88 Å². The van der Waals surface area contributed by atoms with Crippen LogP contribution < -0.4 is 10.6 Å². The Morgan fingerprint density at radius 2 is 1.75 bits per heavy atom. The van der Waals surface area contributed by atoms with E-state index in [1.807, 2.05) is 53.4 Å². The maximum absolute atomic E-state index is 13.2. The number of hydrogen-bond donors (Lipinski definition) is 1. The molecule has 0 unspecified atom stereocenters. The highest BCUT2D eigenvalue weighted by Gasteiger charge is 2.29. The zero-order valence-electron chi connectivity index (χ0n) is 18.1. The maximum Gasteiger partial charge on any atom is 0.253 e. The number of aromatic nitrogens is 1. The van der Waals surface area contributed by atoms with E-state index in [0.717, 1.165) is 55.6 Å². The topological polar surface area (TPSA) is 92.7 Å². The molecule has 0 aliphatic carbocycles. The Morgan fingerprint density at radius 1 is 0.969 bits per heavy atom. The summed E-state index contributed by atoms with van der Waals surface area (Å²) in [5.41, 5.74) is 8.85. The Morgan fingerprint density at radius 3 is 2.53 bits per heavy atom. The summed E-state index contributed by atoms with van der Waals surface area (Å²) in [6.07, 6.45) is 3.68. The first-order valence-corrected chi connectivity index (χ1v) is 11.4. The average molecular weight is 433 g/mol. The zero-order valence-corrected chi connectivity index (χ0v) is 18.1. The largest absolute Gasteiger partial charge is 0.440 e. The number of hydrogen-bond acceptors (Lipinski definition) is 5. The van der Waals surface area contributed by atoms with E-state index in [1.54, 1.807) is 0 Å². The summed E-state index contributed by atoms with van der Waals surface area (Å²) >= 11 is 0. The summed E-state index contributed by atoms with van der Waals surface area (Å²) in [5.74, 6) is 0.514. The number of piperidine rings is 2. The quantitative estimate of drug-likeness (QED) is 0.681. The smallest absolute Gasteiger partial charge is 0.253 e. The SMILES string of the molecule is NC(=O)[C@@H]1CCCN(c2ccc(C(=O)N3CCC[C@H](c4nc5ccccc5o4)C3)cc2)C1. The van der Waals surface area contributed by atoms with Crippen molar-refractivity contribution in [3.63, 3.8) is 0 Å².